The van der Waals surface area contributed by atoms with Crippen LogP contribution in [0.15, 0.2) is 41.0 Å². The van der Waals surface area contributed by atoms with Crippen molar-refractivity contribution in [1.29, 1.82) is 0 Å². The van der Waals surface area contributed by atoms with E-state index < -0.39 is 0 Å². The Morgan fingerprint density at radius 2 is 1.95 bits per heavy atom. The van der Waals surface area contributed by atoms with Crippen LogP contribution in [-0.2, 0) is 4.79 Å². The van der Waals surface area contributed by atoms with Crippen LogP contribution in [0.1, 0.15) is 23.0 Å². The molecule has 0 aliphatic heterocycles. The van der Waals surface area contributed by atoms with Crippen LogP contribution >= 0.6 is 15.9 Å². The van der Waals surface area contributed by atoms with E-state index in [0.717, 1.165) is 11.3 Å². The molecule has 2 rings (SSSR count). The maximum Gasteiger partial charge on any atom is 0.275 e. The molecular formula is C15H14BrN3O2. The molecule has 6 heteroatoms. The van der Waals surface area contributed by atoms with Crippen molar-refractivity contribution in [2.45, 2.75) is 13.8 Å². The number of carbonyl (C=O) groups excluding carboxylic acids is 2. The summed E-state index contributed by atoms with van der Waals surface area (Å²) < 4.78 is 0.633. The first-order valence-corrected chi connectivity index (χ1v) is 7.07. The molecule has 1 aromatic heterocycles. The number of benzene rings is 1. The highest BCUT2D eigenvalue weighted by Crippen LogP contribution is 2.21. The van der Waals surface area contributed by atoms with Gasteiger partial charge in [0.15, 0.2) is 0 Å². The van der Waals surface area contributed by atoms with Crippen LogP contribution in [0.4, 0.5) is 11.4 Å². The standard InChI is InChI=1S/C15H14BrN3O2/c1-9-8-11(5-6-13(9)18-10(2)20)19-15(21)14-12(16)4-3-7-17-14/h3-8H,1-2H3,(H,18,20)(H,19,21). The summed E-state index contributed by atoms with van der Waals surface area (Å²) in [5.41, 5.74) is 2.55. The SMILES string of the molecule is CC(=O)Nc1ccc(NC(=O)c2ncccc2Br)cc1C. The molecule has 2 amide bonds. The van der Waals surface area contributed by atoms with E-state index in [1.807, 2.05) is 6.92 Å². The lowest BCUT2D eigenvalue weighted by molar-refractivity contribution is -0.114. The first-order valence-electron chi connectivity index (χ1n) is 6.27. The van der Waals surface area contributed by atoms with Gasteiger partial charge in [0.05, 0.1) is 0 Å². The van der Waals surface area contributed by atoms with E-state index in [0.29, 0.717) is 15.9 Å². The zero-order valence-electron chi connectivity index (χ0n) is 11.6. The summed E-state index contributed by atoms with van der Waals surface area (Å²) in [6.45, 7) is 3.31. The van der Waals surface area contributed by atoms with Crippen molar-refractivity contribution in [2.75, 3.05) is 10.6 Å². The Hall–Kier alpha value is -2.21. The lowest BCUT2D eigenvalue weighted by Gasteiger charge is -2.10. The van der Waals surface area contributed by atoms with Crippen LogP contribution in [0, 0.1) is 6.92 Å². The maximum absolute atomic E-state index is 12.1. The van der Waals surface area contributed by atoms with Gasteiger partial charge in [-0.05, 0) is 58.7 Å². The third-order valence-corrected chi connectivity index (χ3v) is 3.41. The normalized spacial score (nSPS) is 10.0. The zero-order chi connectivity index (χ0) is 15.4. The van der Waals surface area contributed by atoms with Gasteiger partial charge in [-0.3, -0.25) is 9.59 Å². The number of hydrogen-bond donors (Lipinski definition) is 2. The van der Waals surface area contributed by atoms with Crippen molar-refractivity contribution in [3.05, 3.63) is 52.3 Å². The van der Waals surface area contributed by atoms with Crippen molar-refractivity contribution in [1.82, 2.24) is 4.98 Å². The van der Waals surface area contributed by atoms with Gasteiger partial charge in [0.2, 0.25) is 5.91 Å². The first-order chi connectivity index (χ1) is 9.97. The lowest BCUT2D eigenvalue weighted by atomic mass is 10.1. The van der Waals surface area contributed by atoms with Crippen molar-refractivity contribution < 1.29 is 9.59 Å². The molecule has 5 nitrogen and oxygen atoms in total. The number of hydrogen-bond acceptors (Lipinski definition) is 3. The van der Waals surface area contributed by atoms with Gasteiger partial charge in [0.25, 0.3) is 5.91 Å². The molecule has 1 aromatic carbocycles. The maximum atomic E-state index is 12.1. The molecule has 0 fully saturated rings. The summed E-state index contributed by atoms with van der Waals surface area (Å²) in [6.07, 6.45) is 1.56. The molecule has 2 aromatic rings. The highest BCUT2D eigenvalue weighted by atomic mass is 79.9. The number of pyridine rings is 1. The van der Waals surface area contributed by atoms with E-state index in [1.54, 1.807) is 36.5 Å². The fraction of sp³-hybridized carbons (Fsp3) is 0.133. The Morgan fingerprint density at radius 1 is 1.19 bits per heavy atom. The number of rotatable bonds is 3. The summed E-state index contributed by atoms with van der Waals surface area (Å²) in [6, 6.07) is 8.77. The van der Waals surface area contributed by atoms with Gasteiger partial charge in [-0.2, -0.15) is 0 Å². The zero-order valence-corrected chi connectivity index (χ0v) is 13.2. The summed E-state index contributed by atoms with van der Waals surface area (Å²) >= 11 is 3.29. The van der Waals surface area contributed by atoms with E-state index in [-0.39, 0.29) is 11.8 Å². The summed E-state index contributed by atoms with van der Waals surface area (Å²) in [4.78, 5) is 27.2. The quantitative estimate of drug-likeness (QED) is 0.894. The van der Waals surface area contributed by atoms with Crippen LogP contribution < -0.4 is 10.6 Å². The van der Waals surface area contributed by atoms with Crippen LogP contribution in [0.25, 0.3) is 0 Å². The molecule has 0 radical (unpaired) electrons. The van der Waals surface area contributed by atoms with Gasteiger partial charge >= 0.3 is 0 Å². The fourth-order valence-electron chi connectivity index (χ4n) is 1.81. The van der Waals surface area contributed by atoms with Crippen LogP contribution in [0.2, 0.25) is 0 Å². The van der Waals surface area contributed by atoms with E-state index in [4.69, 9.17) is 0 Å². The highest BCUT2D eigenvalue weighted by Gasteiger charge is 2.11. The number of amides is 2. The number of carbonyl (C=O) groups is 2. The van der Waals surface area contributed by atoms with Gasteiger partial charge in [-0.1, -0.05) is 0 Å². The molecule has 0 saturated heterocycles. The smallest absolute Gasteiger partial charge is 0.275 e. The fourth-order valence-corrected chi connectivity index (χ4v) is 2.25. The van der Waals surface area contributed by atoms with Crippen LogP contribution in [0.3, 0.4) is 0 Å². The summed E-state index contributed by atoms with van der Waals surface area (Å²) in [5.74, 6) is -0.429. The third-order valence-electron chi connectivity index (χ3n) is 2.77. The molecule has 0 unspecified atom stereocenters. The Morgan fingerprint density at radius 3 is 2.57 bits per heavy atom. The molecule has 0 saturated carbocycles. The van der Waals surface area contributed by atoms with E-state index in [2.05, 4.69) is 31.5 Å². The van der Waals surface area contributed by atoms with Crippen molar-refractivity contribution in [3.8, 4) is 0 Å². The van der Waals surface area contributed by atoms with Gasteiger partial charge < -0.3 is 10.6 Å². The van der Waals surface area contributed by atoms with E-state index in [9.17, 15) is 9.59 Å². The predicted molar refractivity (Wildman–Crippen MR) is 85.4 cm³/mol. The average molecular weight is 348 g/mol. The number of aryl methyl sites for hydroxylation is 1. The molecular weight excluding hydrogens is 334 g/mol. The van der Waals surface area contributed by atoms with Gasteiger partial charge in [-0.15, -0.1) is 0 Å². The molecule has 0 spiro atoms. The average Bonchev–Trinajstić information content (AvgIpc) is 2.42. The minimum atomic E-state index is -0.297. The molecule has 0 aliphatic rings. The number of nitrogens with one attached hydrogen (secondary N) is 2. The lowest BCUT2D eigenvalue weighted by Crippen LogP contribution is -2.14. The minimum Gasteiger partial charge on any atom is -0.326 e. The molecule has 108 valence electrons. The minimum absolute atomic E-state index is 0.132. The van der Waals surface area contributed by atoms with E-state index >= 15 is 0 Å². The first kappa shape index (κ1) is 15.2. The number of anilines is 2. The topological polar surface area (TPSA) is 71.1 Å². The largest absolute Gasteiger partial charge is 0.326 e. The van der Waals surface area contributed by atoms with Crippen LogP contribution in [0.5, 0.6) is 0 Å². The molecule has 1 heterocycles. The second kappa shape index (κ2) is 6.49. The highest BCUT2D eigenvalue weighted by molar-refractivity contribution is 9.10. The monoisotopic (exact) mass is 347 g/mol. The Kier molecular flexibility index (Phi) is 4.70. The third kappa shape index (κ3) is 3.88. The Balaban J connectivity index is 2.17. The molecule has 21 heavy (non-hydrogen) atoms. The van der Waals surface area contributed by atoms with Gasteiger partial charge in [0.1, 0.15) is 5.69 Å². The second-order valence-corrected chi connectivity index (χ2v) is 5.35. The molecule has 0 atom stereocenters. The second-order valence-electron chi connectivity index (χ2n) is 4.50. The predicted octanol–water partition coefficient (Wildman–Crippen LogP) is 3.36. The number of halogens is 1. The number of nitrogens with zero attached hydrogens (tertiary/aromatic N) is 1. The number of aromatic nitrogens is 1. The van der Waals surface area contributed by atoms with E-state index in [1.165, 1.54) is 6.92 Å². The molecule has 0 bridgehead atoms. The Labute approximate surface area is 130 Å². The van der Waals surface area contributed by atoms with Crippen molar-refractivity contribution >= 4 is 39.1 Å². The van der Waals surface area contributed by atoms with Crippen LogP contribution in [-0.4, -0.2) is 16.8 Å². The van der Waals surface area contributed by atoms with Gasteiger partial charge in [0, 0.05) is 29.0 Å². The van der Waals surface area contributed by atoms with Crippen molar-refractivity contribution in [2.24, 2.45) is 0 Å². The molecule has 2 N–H and O–H groups in total. The summed E-state index contributed by atoms with van der Waals surface area (Å²) in [7, 11) is 0. The Bertz CT molecular complexity index is 701. The molecule has 0 aliphatic carbocycles. The van der Waals surface area contributed by atoms with Crippen molar-refractivity contribution in [3.63, 3.8) is 0 Å². The summed E-state index contributed by atoms with van der Waals surface area (Å²) in [5, 5.41) is 5.50. The van der Waals surface area contributed by atoms with Gasteiger partial charge in [-0.25, -0.2) is 4.98 Å².